The molecule has 90 valence electrons. The summed E-state index contributed by atoms with van der Waals surface area (Å²) in [6.07, 6.45) is 0.0772. The van der Waals surface area contributed by atoms with E-state index in [9.17, 15) is 12.8 Å². The molecule has 0 aliphatic heterocycles. The molecule has 0 bridgehead atoms. The summed E-state index contributed by atoms with van der Waals surface area (Å²) >= 11 is 5.78. The van der Waals surface area contributed by atoms with Gasteiger partial charge in [0.05, 0.1) is 11.5 Å². The molecule has 1 aromatic rings. The molecule has 6 heteroatoms. The molecule has 3 nitrogen and oxygen atoms in total. The molecule has 0 heterocycles. The second-order valence-electron chi connectivity index (χ2n) is 3.39. The predicted molar refractivity (Wildman–Crippen MR) is 62.8 cm³/mol. The van der Waals surface area contributed by atoms with E-state index in [1.54, 1.807) is 0 Å². The number of hydrogen-bond acceptors (Lipinski definition) is 3. The van der Waals surface area contributed by atoms with Gasteiger partial charge < -0.3 is 5.73 Å². The van der Waals surface area contributed by atoms with E-state index in [1.807, 2.05) is 0 Å². The van der Waals surface area contributed by atoms with E-state index in [-0.39, 0.29) is 35.1 Å². The quantitative estimate of drug-likeness (QED) is 0.875. The molecule has 0 aromatic heterocycles. The van der Waals surface area contributed by atoms with Crippen LogP contribution in [0, 0.1) is 5.82 Å². The van der Waals surface area contributed by atoms with Crippen LogP contribution in [0.15, 0.2) is 18.2 Å². The van der Waals surface area contributed by atoms with Crippen molar-refractivity contribution in [3.8, 4) is 0 Å². The number of sulfone groups is 1. The van der Waals surface area contributed by atoms with Crippen LogP contribution in [-0.4, -0.2) is 26.5 Å². The van der Waals surface area contributed by atoms with Crippen molar-refractivity contribution in [1.82, 2.24) is 0 Å². The first-order valence-corrected chi connectivity index (χ1v) is 6.99. The molecule has 0 aliphatic rings. The number of nitrogens with two attached hydrogens (primary N) is 1. The van der Waals surface area contributed by atoms with E-state index in [0.717, 1.165) is 0 Å². The Morgan fingerprint density at radius 3 is 2.56 bits per heavy atom. The fourth-order valence-corrected chi connectivity index (χ4v) is 2.65. The zero-order chi connectivity index (χ0) is 12.2. The Balaban J connectivity index is 2.76. The van der Waals surface area contributed by atoms with E-state index in [4.69, 9.17) is 17.3 Å². The first-order valence-electron chi connectivity index (χ1n) is 4.79. The van der Waals surface area contributed by atoms with Crippen molar-refractivity contribution in [2.45, 2.75) is 6.42 Å². The maximum absolute atomic E-state index is 13.3. The summed E-state index contributed by atoms with van der Waals surface area (Å²) in [6, 6.07) is 4.28. The predicted octanol–water partition coefficient (Wildman–Crippen LogP) is 1.40. The lowest BCUT2D eigenvalue weighted by molar-refractivity contribution is 0.591. The molecule has 0 radical (unpaired) electrons. The highest BCUT2D eigenvalue weighted by Crippen LogP contribution is 2.19. The van der Waals surface area contributed by atoms with E-state index in [2.05, 4.69) is 0 Å². The van der Waals surface area contributed by atoms with Crippen molar-refractivity contribution in [1.29, 1.82) is 0 Å². The number of benzene rings is 1. The SMILES string of the molecule is NCCS(=O)(=O)CCc1c(F)cccc1Cl. The Morgan fingerprint density at radius 2 is 2.00 bits per heavy atom. The average molecular weight is 266 g/mol. The first kappa shape index (κ1) is 13.4. The molecular formula is C10H13ClFNO2S. The minimum atomic E-state index is -3.21. The molecule has 0 saturated carbocycles. The minimum Gasteiger partial charge on any atom is -0.329 e. The van der Waals surface area contributed by atoms with Crippen LogP contribution in [-0.2, 0) is 16.3 Å². The monoisotopic (exact) mass is 265 g/mol. The summed E-state index contributed by atoms with van der Waals surface area (Å²) in [5.41, 5.74) is 5.40. The second kappa shape index (κ2) is 5.61. The van der Waals surface area contributed by atoms with Crippen molar-refractivity contribution in [2.75, 3.05) is 18.1 Å². The topological polar surface area (TPSA) is 60.2 Å². The number of hydrogen-bond donors (Lipinski definition) is 1. The maximum Gasteiger partial charge on any atom is 0.151 e. The maximum atomic E-state index is 13.3. The van der Waals surface area contributed by atoms with Crippen LogP contribution in [0.5, 0.6) is 0 Å². The largest absolute Gasteiger partial charge is 0.329 e. The van der Waals surface area contributed by atoms with Crippen LogP contribution in [0.3, 0.4) is 0 Å². The zero-order valence-corrected chi connectivity index (χ0v) is 10.2. The molecule has 2 N–H and O–H groups in total. The van der Waals surface area contributed by atoms with Gasteiger partial charge in [-0.15, -0.1) is 0 Å². The lowest BCUT2D eigenvalue weighted by atomic mass is 10.1. The fraction of sp³-hybridized carbons (Fsp3) is 0.400. The lowest BCUT2D eigenvalue weighted by Crippen LogP contribution is -2.19. The molecule has 0 spiro atoms. The lowest BCUT2D eigenvalue weighted by Gasteiger charge is -2.06. The van der Waals surface area contributed by atoms with Gasteiger partial charge in [-0.25, -0.2) is 12.8 Å². The summed E-state index contributed by atoms with van der Waals surface area (Å²) < 4.78 is 36.1. The summed E-state index contributed by atoms with van der Waals surface area (Å²) in [4.78, 5) is 0. The third-order valence-electron chi connectivity index (χ3n) is 2.15. The molecule has 0 saturated heterocycles. The third-order valence-corrected chi connectivity index (χ3v) is 4.19. The van der Waals surface area contributed by atoms with Gasteiger partial charge in [-0.05, 0) is 18.6 Å². The molecular weight excluding hydrogens is 253 g/mol. The van der Waals surface area contributed by atoms with Crippen LogP contribution >= 0.6 is 11.6 Å². The van der Waals surface area contributed by atoms with E-state index in [1.165, 1.54) is 18.2 Å². The Morgan fingerprint density at radius 1 is 1.31 bits per heavy atom. The van der Waals surface area contributed by atoms with Gasteiger partial charge in [0.2, 0.25) is 0 Å². The first-order chi connectivity index (χ1) is 7.46. The van der Waals surface area contributed by atoms with Crippen LogP contribution < -0.4 is 5.73 Å². The molecule has 0 atom stereocenters. The van der Waals surface area contributed by atoms with Crippen LogP contribution in [0.25, 0.3) is 0 Å². The van der Waals surface area contributed by atoms with Gasteiger partial charge in [-0.2, -0.15) is 0 Å². The molecule has 1 rings (SSSR count). The van der Waals surface area contributed by atoms with Crippen LogP contribution in [0.4, 0.5) is 4.39 Å². The fourth-order valence-electron chi connectivity index (χ4n) is 1.31. The van der Waals surface area contributed by atoms with Crippen LogP contribution in [0.2, 0.25) is 5.02 Å². The Bertz CT molecular complexity index is 442. The summed E-state index contributed by atoms with van der Waals surface area (Å²) in [5.74, 6) is -0.695. The summed E-state index contributed by atoms with van der Waals surface area (Å²) in [7, 11) is -3.21. The van der Waals surface area contributed by atoms with Crippen molar-refractivity contribution in [3.63, 3.8) is 0 Å². The van der Waals surface area contributed by atoms with Gasteiger partial charge in [0.1, 0.15) is 5.82 Å². The average Bonchev–Trinajstić information content (AvgIpc) is 2.16. The number of halogens is 2. The Kier molecular flexibility index (Phi) is 4.70. The van der Waals surface area contributed by atoms with E-state index < -0.39 is 15.7 Å². The Labute approximate surface area is 99.3 Å². The highest BCUT2D eigenvalue weighted by atomic mass is 35.5. The smallest absolute Gasteiger partial charge is 0.151 e. The number of rotatable bonds is 5. The zero-order valence-electron chi connectivity index (χ0n) is 8.62. The molecule has 0 unspecified atom stereocenters. The molecule has 1 aromatic carbocycles. The Hall–Kier alpha value is -0.650. The van der Waals surface area contributed by atoms with Gasteiger partial charge in [0.15, 0.2) is 9.84 Å². The minimum absolute atomic E-state index is 0.0767. The standard InChI is InChI=1S/C10H13ClFNO2S/c11-9-2-1-3-10(12)8(9)4-6-16(14,15)7-5-13/h1-3H,4-7,13H2. The van der Waals surface area contributed by atoms with Crippen molar-refractivity contribution in [2.24, 2.45) is 5.73 Å². The van der Waals surface area contributed by atoms with Crippen molar-refractivity contribution in [3.05, 3.63) is 34.6 Å². The van der Waals surface area contributed by atoms with Gasteiger partial charge in [-0.3, -0.25) is 0 Å². The summed E-state index contributed by atoms with van der Waals surface area (Å²) in [5, 5.41) is 0.253. The van der Waals surface area contributed by atoms with Gasteiger partial charge in [-0.1, -0.05) is 17.7 Å². The van der Waals surface area contributed by atoms with Gasteiger partial charge in [0, 0.05) is 17.1 Å². The molecule has 0 aliphatic carbocycles. The normalized spacial score (nSPS) is 11.7. The second-order valence-corrected chi connectivity index (χ2v) is 6.10. The van der Waals surface area contributed by atoms with Gasteiger partial charge in [0.25, 0.3) is 0 Å². The van der Waals surface area contributed by atoms with E-state index >= 15 is 0 Å². The van der Waals surface area contributed by atoms with Gasteiger partial charge >= 0.3 is 0 Å². The highest BCUT2D eigenvalue weighted by Gasteiger charge is 2.13. The molecule has 16 heavy (non-hydrogen) atoms. The van der Waals surface area contributed by atoms with E-state index in [0.29, 0.717) is 0 Å². The third kappa shape index (κ3) is 3.73. The molecule has 0 amide bonds. The van der Waals surface area contributed by atoms with Crippen LogP contribution in [0.1, 0.15) is 5.56 Å². The van der Waals surface area contributed by atoms with Crippen molar-refractivity contribution >= 4 is 21.4 Å². The van der Waals surface area contributed by atoms with Crippen molar-refractivity contribution < 1.29 is 12.8 Å². The summed E-state index contributed by atoms with van der Waals surface area (Å²) in [6.45, 7) is 0.0767. The highest BCUT2D eigenvalue weighted by molar-refractivity contribution is 7.91. The molecule has 0 fully saturated rings.